The fourth-order valence-electron chi connectivity index (χ4n) is 5.64. The molecule has 0 saturated heterocycles. The summed E-state index contributed by atoms with van der Waals surface area (Å²) in [6, 6.07) is 0. The molecule has 3 aliphatic carbocycles. The molecule has 2 saturated carbocycles. The van der Waals surface area contributed by atoms with E-state index >= 15 is 0 Å². The number of terminal acetylenes is 1. The predicted molar refractivity (Wildman–Crippen MR) is 105 cm³/mol. The van der Waals surface area contributed by atoms with E-state index in [1.807, 2.05) is 0 Å². The van der Waals surface area contributed by atoms with Gasteiger partial charge in [0.1, 0.15) is 0 Å². The van der Waals surface area contributed by atoms with E-state index in [2.05, 4.69) is 24.7 Å². The van der Waals surface area contributed by atoms with Crippen LogP contribution in [0, 0.1) is 41.9 Å². The molecule has 1 atom stereocenters. The molecule has 0 bridgehead atoms. The van der Waals surface area contributed by atoms with E-state index in [-0.39, 0.29) is 0 Å². The SMILES string of the molecule is C#CCCC1CC=C(C2CCC(C3CCC(C=C)CC3)CC2)CC1. The number of hydrogen-bond acceptors (Lipinski definition) is 0. The van der Waals surface area contributed by atoms with Gasteiger partial charge in [-0.15, -0.1) is 18.9 Å². The maximum atomic E-state index is 5.41. The Hall–Kier alpha value is -0.960. The standard InChI is InChI=1S/C24H36/c1-3-5-6-20-9-13-22(14-10-20)24-17-15-23(16-18-24)21-11-7-19(4-2)8-12-21/h1,4,13,19-21,23-24H,2,5-12,14-18H2. The van der Waals surface area contributed by atoms with Gasteiger partial charge in [-0.3, -0.25) is 0 Å². The number of allylic oxidation sites excluding steroid dienone is 3. The Kier molecular flexibility index (Phi) is 6.65. The first-order valence-corrected chi connectivity index (χ1v) is 10.5. The second-order valence-corrected chi connectivity index (χ2v) is 8.68. The zero-order valence-electron chi connectivity index (χ0n) is 15.5. The lowest BCUT2D eigenvalue weighted by Crippen LogP contribution is -2.26. The van der Waals surface area contributed by atoms with Gasteiger partial charge in [0.25, 0.3) is 0 Å². The molecule has 0 aromatic carbocycles. The van der Waals surface area contributed by atoms with Crippen LogP contribution in [0.5, 0.6) is 0 Å². The Balaban J connectivity index is 1.42. The van der Waals surface area contributed by atoms with Gasteiger partial charge in [-0.1, -0.05) is 17.7 Å². The van der Waals surface area contributed by atoms with Crippen LogP contribution in [0.3, 0.4) is 0 Å². The smallest absolute Gasteiger partial charge is 0.00888 e. The molecule has 0 spiro atoms. The second-order valence-electron chi connectivity index (χ2n) is 8.68. The Bertz CT molecular complexity index is 461. The second kappa shape index (κ2) is 8.94. The van der Waals surface area contributed by atoms with Crippen LogP contribution in [0.1, 0.15) is 83.5 Å². The maximum Gasteiger partial charge on any atom is 0.00888 e. The average molecular weight is 325 g/mol. The molecule has 0 heterocycles. The Morgan fingerprint density at radius 1 is 1.00 bits per heavy atom. The van der Waals surface area contributed by atoms with Crippen molar-refractivity contribution in [3.63, 3.8) is 0 Å². The maximum absolute atomic E-state index is 5.41. The van der Waals surface area contributed by atoms with Crippen molar-refractivity contribution >= 4 is 0 Å². The summed E-state index contributed by atoms with van der Waals surface area (Å²) in [7, 11) is 0. The minimum atomic E-state index is 0.812. The molecular weight excluding hydrogens is 288 g/mol. The van der Waals surface area contributed by atoms with E-state index in [0.29, 0.717) is 0 Å². The van der Waals surface area contributed by atoms with Crippen LogP contribution in [0.4, 0.5) is 0 Å². The first-order valence-electron chi connectivity index (χ1n) is 10.5. The largest absolute Gasteiger partial charge is 0.120 e. The Morgan fingerprint density at radius 3 is 2.21 bits per heavy atom. The van der Waals surface area contributed by atoms with Crippen LogP contribution in [-0.4, -0.2) is 0 Å². The van der Waals surface area contributed by atoms with Crippen molar-refractivity contribution in [2.75, 3.05) is 0 Å². The van der Waals surface area contributed by atoms with Crippen LogP contribution in [-0.2, 0) is 0 Å². The molecule has 0 heteroatoms. The Morgan fingerprint density at radius 2 is 1.67 bits per heavy atom. The fourth-order valence-corrected chi connectivity index (χ4v) is 5.64. The molecule has 132 valence electrons. The van der Waals surface area contributed by atoms with Crippen LogP contribution >= 0.6 is 0 Å². The van der Waals surface area contributed by atoms with E-state index in [9.17, 15) is 0 Å². The topological polar surface area (TPSA) is 0 Å². The molecule has 24 heavy (non-hydrogen) atoms. The zero-order chi connectivity index (χ0) is 16.8. The molecule has 0 nitrogen and oxygen atoms in total. The van der Waals surface area contributed by atoms with Crippen LogP contribution < -0.4 is 0 Å². The lowest BCUT2D eigenvalue weighted by molar-refractivity contribution is 0.162. The van der Waals surface area contributed by atoms with Gasteiger partial charge in [0, 0.05) is 6.42 Å². The summed E-state index contributed by atoms with van der Waals surface area (Å²) in [5, 5.41) is 0. The fraction of sp³-hybridized carbons (Fsp3) is 0.750. The number of rotatable bonds is 5. The lowest BCUT2D eigenvalue weighted by Gasteiger charge is -2.38. The average Bonchev–Trinajstić information content (AvgIpc) is 2.67. The molecule has 0 aromatic heterocycles. The van der Waals surface area contributed by atoms with Gasteiger partial charge >= 0.3 is 0 Å². The van der Waals surface area contributed by atoms with E-state index < -0.39 is 0 Å². The molecule has 2 fully saturated rings. The number of hydrogen-bond donors (Lipinski definition) is 0. The molecular formula is C24H36. The van der Waals surface area contributed by atoms with Crippen molar-refractivity contribution < 1.29 is 0 Å². The summed E-state index contributed by atoms with van der Waals surface area (Å²) >= 11 is 0. The third kappa shape index (κ3) is 4.56. The summed E-state index contributed by atoms with van der Waals surface area (Å²) in [5.41, 5.74) is 1.81. The normalized spacial score (nSPS) is 37.3. The van der Waals surface area contributed by atoms with Crippen molar-refractivity contribution in [2.45, 2.75) is 83.5 Å². The summed E-state index contributed by atoms with van der Waals surface area (Å²) in [6.45, 7) is 3.99. The van der Waals surface area contributed by atoms with Crippen LogP contribution in [0.2, 0.25) is 0 Å². The van der Waals surface area contributed by atoms with Gasteiger partial charge in [-0.25, -0.2) is 0 Å². The molecule has 1 unspecified atom stereocenters. The monoisotopic (exact) mass is 324 g/mol. The molecule has 0 amide bonds. The van der Waals surface area contributed by atoms with Crippen molar-refractivity contribution in [3.8, 4) is 12.3 Å². The van der Waals surface area contributed by atoms with Gasteiger partial charge in [-0.05, 0) is 107 Å². The minimum absolute atomic E-state index is 0.812. The van der Waals surface area contributed by atoms with Gasteiger partial charge in [0.2, 0.25) is 0 Å². The van der Waals surface area contributed by atoms with Gasteiger partial charge < -0.3 is 0 Å². The highest BCUT2D eigenvalue weighted by atomic mass is 14.4. The highest BCUT2D eigenvalue weighted by Gasteiger charge is 2.31. The predicted octanol–water partition coefficient (Wildman–Crippen LogP) is 6.93. The van der Waals surface area contributed by atoms with E-state index in [1.54, 1.807) is 5.57 Å². The molecule has 3 aliphatic rings. The quantitative estimate of drug-likeness (QED) is 0.380. The Labute approximate surface area is 150 Å². The van der Waals surface area contributed by atoms with Crippen molar-refractivity contribution in [2.24, 2.45) is 29.6 Å². The molecule has 3 rings (SSSR count). The molecule has 0 radical (unpaired) electrons. The zero-order valence-corrected chi connectivity index (χ0v) is 15.5. The molecule has 0 aromatic rings. The third-order valence-corrected chi connectivity index (χ3v) is 7.36. The highest BCUT2D eigenvalue weighted by Crippen LogP contribution is 2.44. The van der Waals surface area contributed by atoms with Gasteiger partial charge in [0.05, 0.1) is 0 Å². The van der Waals surface area contributed by atoms with Crippen LogP contribution in [0.25, 0.3) is 0 Å². The van der Waals surface area contributed by atoms with Gasteiger partial charge in [0.15, 0.2) is 0 Å². The highest BCUT2D eigenvalue weighted by molar-refractivity contribution is 5.12. The molecule has 0 N–H and O–H groups in total. The lowest BCUT2D eigenvalue weighted by atomic mass is 9.67. The van der Waals surface area contributed by atoms with Crippen molar-refractivity contribution in [3.05, 3.63) is 24.3 Å². The van der Waals surface area contributed by atoms with Crippen molar-refractivity contribution in [1.29, 1.82) is 0 Å². The summed E-state index contributed by atoms with van der Waals surface area (Å²) in [4.78, 5) is 0. The van der Waals surface area contributed by atoms with E-state index in [4.69, 9.17) is 6.42 Å². The first-order chi connectivity index (χ1) is 11.8. The summed E-state index contributed by atoms with van der Waals surface area (Å²) in [5.74, 6) is 7.45. The molecule has 0 aliphatic heterocycles. The van der Waals surface area contributed by atoms with Gasteiger partial charge in [-0.2, -0.15) is 0 Å². The van der Waals surface area contributed by atoms with Crippen LogP contribution in [0.15, 0.2) is 24.3 Å². The summed E-state index contributed by atoms with van der Waals surface area (Å²) < 4.78 is 0. The van der Waals surface area contributed by atoms with E-state index in [1.165, 1.54) is 77.0 Å². The minimum Gasteiger partial charge on any atom is -0.120 e. The first kappa shape index (κ1) is 17.8. The van der Waals surface area contributed by atoms with E-state index in [0.717, 1.165) is 36.0 Å². The third-order valence-electron chi connectivity index (χ3n) is 7.36. The summed E-state index contributed by atoms with van der Waals surface area (Å²) in [6.07, 6.45) is 28.1. The van der Waals surface area contributed by atoms with Crippen molar-refractivity contribution in [1.82, 2.24) is 0 Å².